The van der Waals surface area contributed by atoms with Crippen LogP contribution in [0.15, 0.2) is 24.3 Å². The van der Waals surface area contributed by atoms with E-state index in [1.165, 1.54) is 11.8 Å². The summed E-state index contributed by atoms with van der Waals surface area (Å²) >= 11 is 0. The fourth-order valence-electron chi connectivity index (χ4n) is 1.61. The third-order valence-electron chi connectivity index (χ3n) is 2.49. The minimum absolute atomic E-state index is 0.249. The van der Waals surface area contributed by atoms with E-state index in [1.54, 1.807) is 0 Å². The molecule has 4 nitrogen and oxygen atoms in total. The van der Waals surface area contributed by atoms with E-state index >= 15 is 0 Å². The molecule has 0 amide bonds. The van der Waals surface area contributed by atoms with E-state index in [4.69, 9.17) is 5.73 Å². The van der Waals surface area contributed by atoms with Crippen LogP contribution in [0.1, 0.15) is 12.0 Å². The third kappa shape index (κ3) is 6.28. The van der Waals surface area contributed by atoms with Crippen LogP contribution in [0.2, 0.25) is 0 Å². The van der Waals surface area contributed by atoms with Crippen molar-refractivity contribution in [3.63, 3.8) is 0 Å². The molecule has 0 aliphatic rings. The Morgan fingerprint density at radius 1 is 1.24 bits per heavy atom. The number of nitrogens with two attached hydrogens (primary N) is 1. The number of hydrogen-bond donors (Lipinski definition) is 1. The average molecular weight is 256 g/mol. The maximum absolute atomic E-state index is 11.0. The van der Waals surface area contributed by atoms with Gasteiger partial charge >= 0.3 is 0 Å². The largest absolute Gasteiger partial charge is 0.399 e. The highest BCUT2D eigenvalue weighted by Gasteiger charge is 2.04. The van der Waals surface area contributed by atoms with Gasteiger partial charge in [0.15, 0.2) is 0 Å². The van der Waals surface area contributed by atoms with Crippen molar-refractivity contribution in [1.29, 1.82) is 0 Å². The first-order chi connectivity index (χ1) is 7.87. The molecule has 0 radical (unpaired) electrons. The zero-order valence-electron chi connectivity index (χ0n) is 10.4. The molecule has 0 aromatic heterocycles. The van der Waals surface area contributed by atoms with Gasteiger partial charge in [0.2, 0.25) is 0 Å². The zero-order valence-corrected chi connectivity index (χ0v) is 11.2. The molecule has 0 spiro atoms. The molecule has 1 aromatic carbocycles. The molecule has 1 rings (SSSR count). The molecule has 0 aliphatic carbocycles. The Morgan fingerprint density at radius 2 is 1.82 bits per heavy atom. The van der Waals surface area contributed by atoms with E-state index in [1.807, 2.05) is 31.3 Å². The predicted molar refractivity (Wildman–Crippen MR) is 71.5 cm³/mol. The van der Waals surface area contributed by atoms with E-state index < -0.39 is 9.84 Å². The molecule has 0 bridgehead atoms. The Hall–Kier alpha value is -1.07. The molecule has 0 aliphatic heterocycles. The Kier molecular flexibility index (Phi) is 4.96. The van der Waals surface area contributed by atoms with Crippen LogP contribution in [0.4, 0.5) is 5.69 Å². The van der Waals surface area contributed by atoms with Gasteiger partial charge in [0.1, 0.15) is 9.84 Å². The molecule has 0 atom stereocenters. The summed E-state index contributed by atoms with van der Waals surface area (Å²) in [6.07, 6.45) is 1.94. The summed E-state index contributed by atoms with van der Waals surface area (Å²) in [5.74, 6) is 0.249. The standard InChI is InChI=1S/C12H20N2O2S/c1-14(8-3-9-17(2,15)16)10-11-4-6-12(13)7-5-11/h4-7H,3,8-10,13H2,1-2H3. The lowest BCUT2D eigenvalue weighted by Crippen LogP contribution is -2.21. The summed E-state index contributed by atoms with van der Waals surface area (Å²) in [7, 11) is -0.857. The molecular weight excluding hydrogens is 236 g/mol. The number of nitrogen functional groups attached to an aromatic ring is 1. The number of benzene rings is 1. The Labute approximate surface area is 103 Å². The van der Waals surface area contributed by atoms with Gasteiger partial charge in [0.05, 0.1) is 5.75 Å². The van der Waals surface area contributed by atoms with Crippen molar-refractivity contribution in [2.75, 3.05) is 31.3 Å². The Morgan fingerprint density at radius 3 is 2.35 bits per heavy atom. The van der Waals surface area contributed by atoms with E-state index in [0.717, 1.165) is 18.8 Å². The van der Waals surface area contributed by atoms with Gasteiger partial charge in [-0.3, -0.25) is 0 Å². The second kappa shape index (κ2) is 6.02. The van der Waals surface area contributed by atoms with Crippen molar-refractivity contribution < 1.29 is 8.42 Å². The van der Waals surface area contributed by atoms with Gasteiger partial charge in [0, 0.05) is 18.5 Å². The van der Waals surface area contributed by atoms with Crippen LogP contribution in [0.5, 0.6) is 0 Å². The minimum atomic E-state index is -2.84. The molecule has 1 aromatic rings. The molecule has 96 valence electrons. The minimum Gasteiger partial charge on any atom is -0.399 e. The maximum atomic E-state index is 11.0. The summed E-state index contributed by atoms with van der Waals surface area (Å²) < 4.78 is 22.0. The molecule has 0 heterocycles. The van der Waals surface area contributed by atoms with Gasteiger partial charge in [-0.15, -0.1) is 0 Å². The first-order valence-electron chi connectivity index (χ1n) is 5.57. The predicted octanol–water partition coefficient (Wildman–Crippen LogP) is 1.14. The van der Waals surface area contributed by atoms with E-state index in [2.05, 4.69) is 4.90 Å². The molecular formula is C12H20N2O2S. The van der Waals surface area contributed by atoms with Crippen LogP contribution in [0.25, 0.3) is 0 Å². The van der Waals surface area contributed by atoms with Crippen LogP contribution >= 0.6 is 0 Å². The molecule has 2 N–H and O–H groups in total. The van der Waals surface area contributed by atoms with Gasteiger partial charge in [-0.05, 0) is 37.7 Å². The second-order valence-corrected chi connectivity index (χ2v) is 6.72. The SMILES string of the molecule is CN(CCCS(C)(=O)=O)Cc1ccc(N)cc1. The van der Waals surface area contributed by atoms with Crippen molar-refractivity contribution in [3.05, 3.63) is 29.8 Å². The van der Waals surface area contributed by atoms with Gasteiger partial charge in [-0.1, -0.05) is 12.1 Å². The fraction of sp³-hybridized carbons (Fsp3) is 0.500. The van der Waals surface area contributed by atoms with Crippen LogP contribution < -0.4 is 5.73 Å². The highest BCUT2D eigenvalue weighted by atomic mass is 32.2. The van der Waals surface area contributed by atoms with E-state index in [0.29, 0.717) is 6.42 Å². The Balaban J connectivity index is 2.34. The zero-order chi connectivity index (χ0) is 12.9. The van der Waals surface area contributed by atoms with Gasteiger partial charge in [-0.2, -0.15) is 0 Å². The average Bonchev–Trinajstić information content (AvgIpc) is 2.19. The number of rotatable bonds is 6. The Bertz CT molecular complexity index is 440. The molecule has 5 heteroatoms. The first kappa shape index (κ1) is 14.0. The van der Waals surface area contributed by atoms with Gasteiger partial charge in [-0.25, -0.2) is 8.42 Å². The smallest absolute Gasteiger partial charge is 0.147 e. The van der Waals surface area contributed by atoms with Crippen molar-refractivity contribution in [2.45, 2.75) is 13.0 Å². The summed E-state index contributed by atoms with van der Waals surface area (Å²) in [4.78, 5) is 2.11. The normalized spacial score (nSPS) is 11.9. The second-order valence-electron chi connectivity index (χ2n) is 4.46. The highest BCUT2D eigenvalue weighted by Crippen LogP contribution is 2.07. The number of sulfone groups is 1. The van der Waals surface area contributed by atoms with Crippen LogP contribution in [0, 0.1) is 0 Å². The highest BCUT2D eigenvalue weighted by molar-refractivity contribution is 7.90. The molecule has 17 heavy (non-hydrogen) atoms. The molecule has 0 unspecified atom stereocenters. The molecule has 0 fully saturated rings. The lowest BCUT2D eigenvalue weighted by atomic mass is 10.2. The monoisotopic (exact) mass is 256 g/mol. The lowest BCUT2D eigenvalue weighted by molar-refractivity contribution is 0.328. The maximum Gasteiger partial charge on any atom is 0.147 e. The summed E-state index contributed by atoms with van der Waals surface area (Å²) in [6.45, 7) is 1.58. The van der Waals surface area contributed by atoms with Crippen molar-refractivity contribution in [2.24, 2.45) is 0 Å². The number of anilines is 1. The fourth-order valence-corrected chi connectivity index (χ4v) is 2.26. The van der Waals surface area contributed by atoms with Crippen LogP contribution in [-0.2, 0) is 16.4 Å². The van der Waals surface area contributed by atoms with E-state index in [-0.39, 0.29) is 5.75 Å². The summed E-state index contributed by atoms with van der Waals surface area (Å²) in [5, 5.41) is 0. The lowest BCUT2D eigenvalue weighted by Gasteiger charge is -2.16. The van der Waals surface area contributed by atoms with Crippen LogP contribution in [-0.4, -0.2) is 38.9 Å². The first-order valence-corrected chi connectivity index (χ1v) is 7.63. The summed E-state index contributed by atoms with van der Waals surface area (Å²) in [6, 6.07) is 7.73. The van der Waals surface area contributed by atoms with Gasteiger partial charge in [0.25, 0.3) is 0 Å². The number of hydrogen-bond acceptors (Lipinski definition) is 4. The summed E-state index contributed by atoms with van der Waals surface area (Å²) in [5.41, 5.74) is 7.54. The van der Waals surface area contributed by atoms with Crippen molar-refractivity contribution >= 4 is 15.5 Å². The molecule has 0 saturated carbocycles. The van der Waals surface area contributed by atoms with Crippen LogP contribution in [0.3, 0.4) is 0 Å². The third-order valence-corrected chi connectivity index (χ3v) is 3.52. The van der Waals surface area contributed by atoms with Crippen molar-refractivity contribution in [3.8, 4) is 0 Å². The quantitative estimate of drug-likeness (QED) is 0.775. The number of nitrogens with zero attached hydrogens (tertiary/aromatic N) is 1. The van der Waals surface area contributed by atoms with E-state index in [9.17, 15) is 8.42 Å². The van der Waals surface area contributed by atoms with Crippen molar-refractivity contribution in [1.82, 2.24) is 4.90 Å². The van der Waals surface area contributed by atoms with Gasteiger partial charge < -0.3 is 10.6 Å². The molecule has 0 saturated heterocycles. The topological polar surface area (TPSA) is 63.4 Å².